The van der Waals surface area contributed by atoms with Gasteiger partial charge < -0.3 is 9.84 Å². The van der Waals surface area contributed by atoms with Crippen LogP contribution >= 0.6 is 11.6 Å². The number of nitrogens with one attached hydrogen (secondary N) is 2. The molecule has 10 heteroatoms. The Morgan fingerprint density at radius 2 is 1.81 bits per heavy atom. The van der Waals surface area contributed by atoms with Crippen molar-refractivity contribution in [2.45, 2.75) is 25.7 Å². The number of hydrogen-bond acceptors (Lipinski definition) is 6. The van der Waals surface area contributed by atoms with Gasteiger partial charge in [0.15, 0.2) is 0 Å². The van der Waals surface area contributed by atoms with E-state index in [9.17, 15) is 13.2 Å². The van der Waals surface area contributed by atoms with E-state index < -0.39 is 15.9 Å². The molecule has 0 saturated carbocycles. The van der Waals surface area contributed by atoms with Crippen LogP contribution in [0.3, 0.4) is 0 Å². The molecule has 0 aliphatic heterocycles. The van der Waals surface area contributed by atoms with Gasteiger partial charge >= 0.3 is 0 Å². The van der Waals surface area contributed by atoms with Gasteiger partial charge in [-0.15, -0.1) is 0 Å². The van der Waals surface area contributed by atoms with Gasteiger partial charge in [0.05, 0.1) is 32.2 Å². The summed E-state index contributed by atoms with van der Waals surface area (Å²) in [6, 6.07) is 12.8. The number of nitrogens with zero attached hydrogens (tertiary/aromatic N) is 2. The van der Waals surface area contributed by atoms with Crippen molar-refractivity contribution in [1.82, 2.24) is 10.1 Å². The summed E-state index contributed by atoms with van der Waals surface area (Å²) in [5, 5.41) is 7.42. The fourth-order valence-corrected chi connectivity index (χ4v) is 4.90. The molecule has 4 aromatic rings. The molecule has 4 rings (SSSR count). The summed E-state index contributed by atoms with van der Waals surface area (Å²) in [5.41, 5.74) is 2.83. The molecule has 8 nitrogen and oxygen atoms in total. The molecule has 0 aliphatic carbocycles. The monoisotopic (exact) mass is 470 g/mol. The molecule has 0 atom stereocenters. The van der Waals surface area contributed by atoms with Gasteiger partial charge in [0, 0.05) is 11.4 Å². The first-order chi connectivity index (χ1) is 15.2. The second kappa shape index (κ2) is 8.25. The van der Waals surface area contributed by atoms with Gasteiger partial charge in [-0.1, -0.05) is 35.0 Å². The summed E-state index contributed by atoms with van der Waals surface area (Å²) in [4.78, 5) is 17.3. The molecule has 2 aromatic carbocycles. The molecular weight excluding hydrogens is 452 g/mol. The van der Waals surface area contributed by atoms with E-state index in [1.807, 2.05) is 0 Å². The standard InChI is InChI=1S/C22H19ClN4O4S/c1-12-8-9-15(11-19(12)32(29,30)27-18-7-5-4-6-17(18)23)25-21(28)16-10-13(2)24-22-20(16)14(3)26-31-22/h4-11,27H,1-3H3,(H,25,28). The molecule has 1 amide bonds. The van der Waals surface area contributed by atoms with Gasteiger partial charge in [-0.25, -0.2) is 13.4 Å². The summed E-state index contributed by atoms with van der Waals surface area (Å²) in [5.74, 6) is -0.432. The van der Waals surface area contributed by atoms with Crippen LogP contribution in [-0.2, 0) is 10.0 Å². The van der Waals surface area contributed by atoms with Crippen molar-refractivity contribution in [2.75, 3.05) is 10.0 Å². The Kier molecular flexibility index (Phi) is 5.62. The number of pyridine rings is 1. The lowest BCUT2D eigenvalue weighted by molar-refractivity contribution is 0.102. The summed E-state index contributed by atoms with van der Waals surface area (Å²) in [6.45, 7) is 5.13. The van der Waals surface area contributed by atoms with Gasteiger partial charge in [0.1, 0.15) is 0 Å². The number of benzene rings is 2. The number of carbonyl (C=O) groups is 1. The van der Waals surface area contributed by atoms with Crippen molar-refractivity contribution in [2.24, 2.45) is 0 Å². The lowest BCUT2D eigenvalue weighted by Gasteiger charge is -2.14. The zero-order valence-electron chi connectivity index (χ0n) is 17.4. The first-order valence-corrected chi connectivity index (χ1v) is 11.4. The van der Waals surface area contributed by atoms with E-state index >= 15 is 0 Å². The highest BCUT2D eigenvalue weighted by atomic mass is 35.5. The summed E-state index contributed by atoms with van der Waals surface area (Å²) in [7, 11) is -3.95. The van der Waals surface area contributed by atoms with E-state index in [1.54, 1.807) is 63.2 Å². The average molecular weight is 471 g/mol. The number of anilines is 2. The summed E-state index contributed by atoms with van der Waals surface area (Å²) < 4.78 is 33.7. The molecule has 0 radical (unpaired) electrons. The lowest BCUT2D eigenvalue weighted by atomic mass is 10.1. The van der Waals surface area contributed by atoms with Gasteiger partial charge in [-0.2, -0.15) is 0 Å². The zero-order valence-corrected chi connectivity index (χ0v) is 19.0. The van der Waals surface area contributed by atoms with Crippen LogP contribution in [0.15, 0.2) is 57.9 Å². The predicted molar refractivity (Wildman–Crippen MR) is 123 cm³/mol. The number of aryl methyl sites for hydroxylation is 3. The SMILES string of the molecule is Cc1cc(C(=O)Nc2ccc(C)c(S(=O)(=O)Nc3ccccc3Cl)c2)c2c(C)noc2n1. The molecule has 0 spiro atoms. The second-order valence-corrected chi connectivity index (χ2v) is 9.34. The Hall–Kier alpha value is -3.43. The molecule has 0 fully saturated rings. The highest BCUT2D eigenvalue weighted by Crippen LogP contribution is 2.28. The van der Waals surface area contributed by atoms with Crippen LogP contribution in [0.4, 0.5) is 11.4 Å². The third kappa shape index (κ3) is 4.17. The lowest BCUT2D eigenvalue weighted by Crippen LogP contribution is -2.17. The molecule has 2 heterocycles. The van der Waals surface area contributed by atoms with Crippen molar-refractivity contribution >= 4 is 50.0 Å². The third-order valence-corrected chi connectivity index (χ3v) is 6.68. The first kappa shape index (κ1) is 21.8. The summed E-state index contributed by atoms with van der Waals surface area (Å²) >= 11 is 6.09. The van der Waals surface area contributed by atoms with Crippen molar-refractivity contribution in [1.29, 1.82) is 0 Å². The largest absolute Gasteiger partial charge is 0.336 e. The third-order valence-electron chi connectivity index (χ3n) is 4.84. The minimum atomic E-state index is -3.95. The van der Waals surface area contributed by atoms with Gasteiger partial charge in [-0.3, -0.25) is 9.52 Å². The molecule has 164 valence electrons. The highest BCUT2D eigenvalue weighted by Gasteiger charge is 2.21. The minimum Gasteiger partial charge on any atom is -0.336 e. The average Bonchev–Trinajstić information content (AvgIpc) is 3.10. The van der Waals surface area contributed by atoms with Crippen LogP contribution in [0, 0.1) is 20.8 Å². The zero-order chi connectivity index (χ0) is 23.0. The van der Waals surface area contributed by atoms with Crippen LogP contribution in [0.1, 0.15) is 27.3 Å². The maximum atomic E-state index is 13.0. The van der Waals surface area contributed by atoms with E-state index in [1.165, 1.54) is 6.07 Å². The molecule has 0 aliphatic rings. The number of rotatable bonds is 5. The Balaban J connectivity index is 1.67. The molecule has 2 aromatic heterocycles. The summed E-state index contributed by atoms with van der Waals surface area (Å²) in [6.07, 6.45) is 0. The van der Waals surface area contributed by atoms with E-state index in [2.05, 4.69) is 20.2 Å². The fraction of sp³-hybridized carbons (Fsp3) is 0.136. The molecule has 2 N–H and O–H groups in total. The maximum Gasteiger partial charge on any atom is 0.262 e. The maximum absolute atomic E-state index is 13.0. The minimum absolute atomic E-state index is 0.0208. The van der Waals surface area contributed by atoms with Gasteiger partial charge in [0.25, 0.3) is 21.6 Å². The molecule has 0 saturated heterocycles. The Labute approximate surface area is 189 Å². The first-order valence-electron chi connectivity index (χ1n) is 9.58. The van der Waals surface area contributed by atoms with E-state index in [0.717, 1.165) is 0 Å². The number of para-hydroxylation sites is 1. The predicted octanol–water partition coefficient (Wildman–Crippen LogP) is 4.85. The molecule has 0 bridgehead atoms. The molecular formula is C22H19ClN4O4S. The van der Waals surface area contributed by atoms with Crippen molar-refractivity contribution in [3.05, 3.63) is 76.1 Å². The number of hydrogen-bond donors (Lipinski definition) is 2. The number of amides is 1. The van der Waals surface area contributed by atoms with Crippen LogP contribution in [0.25, 0.3) is 11.1 Å². The van der Waals surface area contributed by atoms with Crippen LogP contribution in [0.2, 0.25) is 5.02 Å². The van der Waals surface area contributed by atoms with E-state index in [4.69, 9.17) is 16.1 Å². The molecule has 32 heavy (non-hydrogen) atoms. The van der Waals surface area contributed by atoms with Crippen molar-refractivity contribution < 1.29 is 17.7 Å². The number of aromatic nitrogens is 2. The van der Waals surface area contributed by atoms with Crippen LogP contribution in [-0.4, -0.2) is 24.5 Å². The highest BCUT2D eigenvalue weighted by molar-refractivity contribution is 7.92. The van der Waals surface area contributed by atoms with Gasteiger partial charge in [0.2, 0.25) is 0 Å². The number of sulfonamides is 1. The Bertz CT molecular complexity index is 1460. The second-order valence-electron chi connectivity index (χ2n) is 7.28. The topological polar surface area (TPSA) is 114 Å². The van der Waals surface area contributed by atoms with Crippen LogP contribution in [0.5, 0.6) is 0 Å². The van der Waals surface area contributed by atoms with Gasteiger partial charge in [-0.05, 0) is 56.7 Å². The van der Waals surface area contributed by atoms with E-state index in [-0.39, 0.29) is 21.3 Å². The molecule has 0 unspecified atom stereocenters. The fourth-order valence-electron chi connectivity index (χ4n) is 3.31. The van der Waals surface area contributed by atoms with Crippen LogP contribution < -0.4 is 10.0 Å². The smallest absolute Gasteiger partial charge is 0.262 e. The Morgan fingerprint density at radius 1 is 1.06 bits per heavy atom. The Morgan fingerprint density at radius 3 is 2.56 bits per heavy atom. The number of carbonyl (C=O) groups excluding carboxylic acids is 1. The van der Waals surface area contributed by atoms with Crippen molar-refractivity contribution in [3.63, 3.8) is 0 Å². The van der Waals surface area contributed by atoms with Crippen molar-refractivity contribution in [3.8, 4) is 0 Å². The van der Waals surface area contributed by atoms with E-state index in [0.29, 0.717) is 33.6 Å². The number of halogens is 1. The normalized spacial score (nSPS) is 11.5. The quantitative estimate of drug-likeness (QED) is 0.430. The number of fused-ring (bicyclic) bond motifs is 1.